The Morgan fingerprint density at radius 1 is 1.03 bits per heavy atom. The number of benzene rings is 1. The number of rotatable bonds is 9. The van der Waals surface area contributed by atoms with Crippen molar-refractivity contribution in [2.24, 2.45) is 0 Å². The first-order valence-electron chi connectivity index (χ1n) is 9.94. The first kappa shape index (κ1) is 21.0. The highest BCUT2D eigenvalue weighted by Gasteiger charge is 2.13. The average molecular weight is 439 g/mol. The van der Waals surface area contributed by atoms with E-state index in [4.69, 9.17) is 9.40 Å². The standard InChI is InChI=1S/C23H26N4OS2/c1-17-20(24-11-10-22(17)29-15-18-7-6-14-28-18)16-30-23-25-19-8-4-5-9-21(19)27(23)13-12-26(2)3/h4-11,14H,12-13,15-16H2,1-3H3. The number of imidazole rings is 1. The first-order valence-corrected chi connectivity index (χ1v) is 11.9. The molecule has 156 valence electrons. The number of aromatic nitrogens is 3. The predicted octanol–water partition coefficient (Wildman–Crippen LogP) is 5.48. The van der Waals surface area contributed by atoms with Gasteiger partial charge in [0.1, 0.15) is 5.76 Å². The molecular weight excluding hydrogens is 412 g/mol. The predicted molar refractivity (Wildman–Crippen MR) is 125 cm³/mol. The van der Waals surface area contributed by atoms with E-state index in [1.165, 1.54) is 16.0 Å². The Hall–Kier alpha value is -2.22. The molecule has 3 heterocycles. The van der Waals surface area contributed by atoms with Crippen LogP contribution < -0.4 is 0 Å². The number of pyridine rings is 1. The molecule has 0 N–H and O–H groups in total. The van der Waals surface area contributed by atoms with E-state index in [-0.39, 0.29) is 0 Å². The number of hydrogen-bond acceptors (Lipinski definition) is 6. The minimum atomic E-state index is 0.798. The van der Waals surface area contributed by atoms with E-state index in [9.17, 15) is 0 Å². The molecule has 0 atom stereocenters. The van der Waals surface area contributed by atoms with Crippen molar-refractivity contribution in [2.45, 2.75) is 35.0 Å². The Bertz CT molecular complexity index is 1110. The molecule has 0 aliphatic carbocycles. The monoisotopic (exact) mass is 438 g/mol. The molecule has 30 heavy (non-hydrogen) atoms. The summed E-state index contributed by atoms with van der Waals surface area (Å²) < 4.78 is 7.78. The van der Waals surface area contributed by atoms with Crippen molar-refractivity contribution in [3.63, 3.8) is 0 Å². The lowest BCUT2D eigenvalue weighted by molar-refractivity contribution is 0.379. The molecule has 0 fully saturated rings. The van der Waals surface area contributed by atoms with E-state index in [1.807, 2.05) is 24.4 Å². The number of furan rings is 1. The summed E-state index contributed by atoms with van der Waals surface area (Å²) >= 11 is 3.55. The third-order valence-electron chi connectivity index (χ3n) is 4.94. The number of fused-ring (bicyclic) bond motifs is 1. The third kappa shape index (κ3) is 4.91. The summed E-state index contributed by atoms with van der Waals surface area (Å²) in [4.78, 5) is 13.0. The van der Waals surface area contributed by atoms with Crippen molar-refractivity contribution < 1.29 is 4.42 Å². The largest absolute Gasteiger partial charge is 0.468 e. The van der Waals surface area contributed by atoms with Gasteiger partial charge in [0.2, 0.25) is 0 Å². The lowest BCUT2D eigenvalue weighted by atomic mass is 10.2. The highest BCUT2D eigenvalue weighted by Crippen LogP contribution is 2.31. The summed E-state index contributed by atoms with van der Waals surface area (Å²) in [5.74, 6) is 2.61. The lowest BCUT2D eigenvalue weighted by Crippen LogP contribution is -2.18. The van der Waals surface area contributed by atoms with Gasteiger partial charge in [-0.2, -0.15) is 0 Å². The van der Waals surface area contributed by atoms with Crippen LogP contribution in [-0.4, -0.2) is 40.1 Å². The molecule has 4 aromatic rings. The quantitative estimate of drug-likeness (QED) is 0.323. The summed E-state index contributed by atoms with van der Waals surface area (Å²) in [5.41, 5.74) is 4.58. The van der Waals surface area contributed by atoms with Crippen molar-refractivity contribution >= 4 is 34.6 Å². The molecular formula is C23H26N4OS2. The number of thioether (sulfide) groups is 2. The van der Waals surface area contributed by atoms with Gasteiger partial charge >= 0.3 is 0 Å². The fraction of sp³-hybridized carbons (Fsp3) is 0.304. The third-order valence-corrected chi connectivity index (χ3v) is 7.11. The maximum absolute atomic E-state index is 5.46. The second kappa shape index (κ2) is 9.73. The highest BCUT2D eigenvalue weighted by molar-refractivity contribution is 7.98. The Morgan fingerprint density at radius 3 is 2.70 bits per heavy atom. The maximum Gasteiger partial charge on any atom is 0.169 e. The van der Waals surface area contributed by atoms with Crippen molar-refractivity contribution in [2.75, 3.05) is 20.6 Å². The summed E-state index contributed by atoms with van der Waals surface area (Å²) in [6.07, 6.45) is 3.63. The first-order chi connectivity index (χ1) is 14.6. The Labute approximate surface area is 185 Å². The summed E-state index contributed by atoms with van der Waals surface area (Å²) in [6.45, 7) is 4.05. The lowest BCUT2D eigenvalue weighted by Gasteiger charge is -2.13. The second-order valence-corrected chi connectivity index (χ2v) is 9.34. The van der Waals surface area contributed by atoms with Crippen LogP contribution in [0.1, 0.15) is 17.0 Å². The molecule has 0 spiro atoms. The molecule has 0 radical (unpaired) electrons. The van der Waals surface area contributed by atoms with E-state index in [0.717, 1.165) is 46.7 Å². The van der Waals surface area contributed by atoms with Gasteiger partial charge < -0.3 is 13.9 Å². The normalized spacial score (nSPS) is 11.6. The molecule has 0 amide bonds. The highest BCUT2D eigenvalue weighted by atomic mass is 32.2. The summed E-state index contributed by atoms with van der Waals surface area (Å²) in [7, 11) is 4.20. The number of likely N-dealkylation sites (N-methyl/N-ethyl adjacent to an activating group) is 1. The molecule has 0 aliphatic rings. The van der Waals surface area contributed by atoms with E-state index in [2.05, 4.69) is 59.7 Å². The molecule has 0 unspecified atom stereocenters. The molecule has 0 saturated heterocycles. The number of nitrogens with zero attached hydrogens (tertiary/aromatic N) is 4. The van der Waals surface area contributed by atoms with Crippen LogP contribution in [0.5, 0.6) is 0 Å². The van der Waals surface area contributed by atoms with Crippen molar-refractivity contribution in [1.29, 1.82) is 0 Å². The van der Waals surface area contributed by atoms with Gasteiger partial charge in [0.25, 0.3) is 0 Å². The molecule has 7 heteroatoms. The van der Waals surface area contributed by atoms with Crippen LogP contribution in [0.4, 0.5) is 0 Å². The second-order valence-electron chi connectivity index (χ2n) is 7.38. The topological polar surface area (TPSA) is 47.1 Å². The van der Waals surface area contributed by atoms with Gasteiger partial charge in [0.15, 0.2) is 5.16 Å². The molecule has 4 rings (SSSR count). The van der Waals surface area contributed by atoms with Crippen LogP contribution in [0.2, 0.25) is 0 Å². The van der Waals surface area contributed by atoms with Crippen LogP contribution in [0.3, 0.4) is 0 Å². The zero-order valence-electron chi connectivity index (χ0n) is 17.5. The smallest absolute Gasteiger partial charge is 0.169 e. The number of para-hydroxylation sites is 2. The van der Waals surface area contributed by atoms with E-state index in [0.29, 0.717) is 0 Å². The fourth-order valence-electron chi connectivity index (χ4n) is 3.22. The van der Waals surface area contributed by atoms with Gasteiger partial charge in [0.05, 0.1) is 28.7 Å². The zero-order valence-corrected chi connectivity index (χ0v) is 19.2. The van der Waals surface area contributed by atoms with Crippen molar-refractivity contribution in [3.8, 4) is 0 Å². The maximum atomic E-state index is 5.46. The van der Waals surface area contributed by atoms with Gasteiger partial charge in [0, 0.05) is 29.9 Å². The van der Waals surface area contributed by atoms with E-state index >= 15 is 0 Å². The Morgan fingerprint density at radius 2 is 1.90 bits per heavy atom. The molecule has 0 aliphatic heterocycles. The van der Waals surface area contributed by atoms with Crippen LogP contribution in [0.15, 0.2) is 69.4 Å². The summed E-state index contributed by atoms with van der Waals surface area (Å²) in [6, 6.07) is 14.4. The molecule has 5 nitrogen and oxygen atoms in total. The van der Waals surface area contributed by atoms with Crippen molar-refractivity contribution in [1.82, 2.24) is 19.4 Å². The Balaban J connectivity index is 1.51. The van der Waals surface area contributed by atoms with Crippen LogP contribution >= 0.6 is 23.5 Å². The van der Waals surface area contributed by atoms with Gasteiger partial charge in [-0.25, -0.2) is 4.98 Å². The molecule has 0 bridgehead atoms. The minimum Gasteiger partial charge on any atom is -0.468 e. The van der Waals surface area contributed by atoms with Crippen LogP contribution in [-0.2, 0) is 18.1 Å². The van der Waals surface area contributed by atoms with E-state index in [1.54, 1.807) is 29.8 Å². The molecule has 0 saturated carbocycles. The zero-order chi connectivity index (χ0) is 20.9. The SMILES string of the molecule is Cc1c(SCc2ccco2)ccnc1CSc1nc2ccccc2n1CCN(C)C. The average Bonchev–Trinajstić information content (AvgIpc) is 3.38. The summed E-state index contributed by atoms with van der Waals surface area (Å²) in [5, 5.41) is 1.05. The van der Waals surface area contributed by atoms with Crippen molar-refractivity contribution in [3.05, 3.63) is 71.9 Å². The van der Waals surface area contributed by atoms with E-state index < -0.39 is 0 Å². The van der Waals surface area contributed by atoms with Gasteiger partial charge in [-0.15, -0.1) is 11.8 Å². The van der Waals surface area contributed by atoms with Crippen LogP contribution in [0.25, 0.3) is 11.0 Å². The molecule has 1 aromatic carbocycles. The number of hydrogen-bond donors (Lipinski definition) is 0. The fourth-order valence-corrected chi connectivity index (χ4v) is 5.24. The van der Waals surface area contributed by atoms with Gasteiger partial charge in [-0.1, -0.05) is 23.9 Å². The molecule has 3 aromatic heterocycles. The van der Waals surface area contributed by atoms with Crippen LogP contribution in [0, 0.1) is 6.92 Å². The van der Waals surface area contributed by atoms with Gasteiger partial charge in [-0.3, -0.25) is 4.98 Å². The van der Waals surface area contributed by atoms with Gasteiger partial charge in [-0.05, 0) is 56.9 Å². The Kier molecular flexibility index (Phi) is 6.82. The minimum absolute atomic E-state index is 0.798.